The van der Waals surface area contributed by atoms with Crippen LogP contribution in [0.2, 0.25) is 0 Å². The van der Waals surface area contributed by atoms with E-state index >= 15 is 0 Å². The second kappa shape index (κ2) is 12.7. The topological polar surface area (TPSA) is 29.5 Å². The predicted molar refractivity (Wildman–Crippen MR) is 151 cm³/mol. The third kappa shape index (κ3) is 6.85. The van der Waals surface area contributed by atoms with Crippen LogP contribution in [0.4, 0.5) is 5.69 Å². The molecule has 4 heteroatoms. The molecule has 185 valence electrons. The summed E-state index contributed by atoms with van der Waals surface area (Å²) in [6, 6.07) is 25.1. The molecule has 0 aromatic heterocycles. The summed E-state index contributed by atoms with van der Waals surface area (Å²) in [4.78, 5) is 14.7. The Morgan fingerprint density at radius 2 is 1.31 bits per heavy atom. The Morgan fingerprint density at radius 3 is 1.74 bits per heavy atom. The summed E-state index contributed by atoms with van der Waals surface area (Å²) in [6.07, 6.45) is 5.51. The fraction of sp³-hybridized carbons (Fsp3) is 0.387. The van der Waals surface area contributed by atoms with Gasteiger partial charge >= 0.3 is 9.04 Å². The smallest absolute Gasteiger partial charge is 0.352 e. The summed E-state index contributed by atoms with van der Waals surface area (Å²) in [7, 11) is -1.60. The quantitative estimate of drug-likeness (QED) is 0.219. The second-order valence-corrected chi connectivity index (χ2v) is 12.1. The summed E-state index contributed by atoms with van der Waals surface area (Å²) in [5.74, 6) is 0.871. The minimum atomic E-state index is -1.60. The standard InChI is InChI=1S/C31H40NO2Si/c1-6-8-22-32(23-9-7-2)28-21-20-25(24-33)29(31(3,4)5)30(28)34-35(26-16-12-10-13-17-26)27-18-14-11-15-19-27/h10-21,24H,6-9,22-23H2,1-5H3. The molecule has 0 spiro atoms. The van der Waals surface area contributed by atoms with Crippen molar-refractivity contribution in [1.29, 1.82) is 0 Å². The molecule has 3 rings (SSSR count). The Hall–Kier alpha value is -2.85. The lowest BCUT2D eigenvalue weighted by molar-refractivity contribution is 0.112. The van der Waals surface area contributed by atoms with Gasteiger partial charge < -0.3 is 9.33 Å². The normalized spacial score (nSPS) is 11.5. The first-order chi connectivity index (χ1) is 16.9. The first-order valence-corrected chi connectivity index (χ1v) is 14.3. The van der Waals surface area contributed by atoms with Crippen LogP contribution in [-0.2, 0) is 5.41 Å². The number of anilines is 1. The van der Waals surface area contributed by atoms with Gasteiger partial charge in [0.15, 0.2) is 0 Å². The number of nitrogens with zero attached hydrogens (tertiary/aromatic N) is 1. The molecule has 0 aliphatic rings. The van der Waals surface area contributed by atoms with Crippen LogP contribution in [0.3, 0.4) is 0 Å². The first kappa shape index (κ1) is 26.7. The van der Waals surface area contributed by atoms with Crippen molar-refractivity contribution in [2.45, 2.75) is 65.7 Å². The van der Waals surface area contributed by atoms with Crippen LogP contribution >= 0.6 is 0 Å². The molecular weight excluding hydrogens is 446 g/mol. The SMILES string of the molecule is CCCCN(CCCC)c1ccc(C=O)c(C(C)(C)C)c1O[Si](c1ccccc1)c1ccccc1. The number of benzene rings is 3. The highest BCUT2D eigenvalue weighted by Crippen LogP contribution is 2.41. The van der Waals surface area contributed by atoms with E-state index < -0.39 is 9.04 Å². The lowest BCUT2D eigenvalue weighted by atomic mass is 9.82. The van der Waals surface area contributed by atoms with Crippen molar-refractivity contribution in [1.82, 2.24) is 0 Å². The number of carbonyl (C=O) groups is 1. The summed E-state index contributed by atoms with van der Waals surface area (Å²) in [5.41, 5.74) is 2.57. The largest absolute Gasteiger partial charge is 0.531 e. The van der Waals surface area contributed by atoms with Crippen LogP contribution in [0.25, 0.3) is 0 Å². The van der Waals surface area contributed by atoms with Crippen molar-refractivity contribution in [2.75, 3.05) is 18.0 Å². The molecule has 0 amide bonds. The van der Waals surface area contributed by atoms with Gasteiger partial charge in [0.05, 0.1) is 5.69 Å². The molecule has 0 aliphatic carbocycles. The summed E-state index contributed by atoms with van der Waals surface area (Å²) >= 11 is 0. The molecule has 0 saturated carbocycles. The lowest BCUT2D eigenvalue weighted by Crippen LogP contribution is -2.48. The molecule has 0 heterocycles. The molecule has 0 unspecified atom stereocenters. The second-order valence-electron chi connectivity index (χ2n) is 10.1. The Bertz CT molecular complexity index is 1010. The van der Waals surface area contributed by atoms with Gasteiger partial charge in [-0.15, -0.1) is 0 Å². The number of hydrogen-bond donors (Lipinski definition) is 0. The fourth-order valence-electron chi connectivity index (χ4n) is 4.43. The molecule has 3 nitrogen and oxygen atoms in total. The number of carbonyl (C=O) groups excluding carboxylic acids is 1. The minimum Gasteiger partial charge on any atom is -0.531 e. The maximum absolute atomic E-state index is 12.2. The number of rotatable bonds is 12. The van der Waals surface area contributed by atoms with Gasteiger partial charge in [-0.25, -0.2) is 0 Å². The summed E-state index contributed by atoms with van der Waals surface area (Å²) in [6.45, 7) is 12.9. The van der Waals surface area contributed by atoms with E-state index in [1.807, 2.05) is 18.2 Å². The van der Waals surface area contributed by atoms with Crippen LogP contribution in [0, 0.1) is 0 Å². The third-order valence-electron chi connectivity index (χ3n) is 6.23. The van der Waals surface area contributed by atoms with Gasteiger partial charge in [0, 0.05) is 24.2 Å². The van der Waals surface area contributed by atoms with Crippen molar-refractivity contribution in [2.24, 2.45) is 0 Å². The molecule has 0 saturated heterocycles. The van der Waals surface area contributed by atoms with E-state index in [4.69, 9.17) is 4.43 Å². The van der Waals surface area contributed by atoms with E-state index in [2.05, 4.69) is 94.1 Å². The zero-order valence-electron chi connectivity index (χ0n) is 22.0. The molecule has 0 fully saturated rings. The molecule has 0 aliphatic heterocycles. The maximum atomic E-state index is 12.2. The monoisotopic (exact) mass is 486 g/mol. The summed E-state index contributed by atoms with van der Waals surface area (Å²) < 4.78 is 7.16. The van der Waals surface area contributed by atoms with Gasteiger partial charge in [-0.2, -0.15) is 0 Å². The van der Waals surface area contributed by atoms with Crippen molar-refractivity contribution in [3.8, 4) is 5.75 Å². The molecule has 35 heavy (non-hydrogen) atoms. The van der Waals surface area contributed by atoms with Crippen LogP contribution < -0.4 is 19.7 Å². The van der Waals surface area contributed by atoms with Crippen LogP contribution in [0.5, 0.6) is 5.75 Å². The van der Waals surface area contributed by atoms with E-state index in [-0.39, 0.29) is 5.41 Å². The highest BCUT2D eigenvalue weighted by Gasteiger charge is 2.31. The molecule has 3 aromatic rings. The Kier molecular flexibility index (Phi) is 9.73. The zero-order chi connectivity index (χ0) is 25.3. The molecule has 0 atom stereocenters. The van der Waals surface area contributed by atoms with E-state index in [0.717, 1.165) is 62.1 Å². The van der Waals surface area contributed by atoms with Gasteiger partial charge in [-0.3, -0.25) is 4.79 Å². The average Bonchev–Trinajstić information content (AvgIpc) is 2.87. The number of aldehydes is 1. The maximum Gasteiger partial charge on any atom is 0.352 e. The van der Waals surface area contributed by atoms with Gasteiger partial charge in [0.1, 0.15) is 12.0 Å². The van der Waals surface area contributed by atoms with Crippen molar-refractivity contribution in [3.63, 3.8) is 0 Å². The van der Waals surface area contributed by atoms with Gasteiger partial charge in [0.25, 0.3) is 0 Å². The summed E-state index contributed by atoms with van der Waals surface area (Å²) in [5, 5.41) is 2.39. The van der Waals surface area contributed by atoms with Gasteiger partial charge in [0.2, 0.25) is 0 Å². The van der Waals surface area contributed by atoms with E-state index in [1.165, 1.54) is 10.4 Å². The van der Waals surface area contributed by atoms with Crippen molar-refractivity contribution in [3.05, 3.63) is 83.9 Å². The fourth-order valence-corrected chi connectivity index (χ4v) is 6.40. The third-order valence-corrected chi connectivity index (χ3v) is 8.35. The van der Waals surface area contributed by atoms with Crippen LogP contribution in [-0.4, -0.2) is 28.4 Å². The number of hydrogen-bond acceptors (Lipinski definition) is 3. The molecule has 1 radical (unpaired) electrons. The molecule has 3 aromatic carbocycles. The predicted octanol–water partition coefficient (Wildman–Crippen LogP) is 6.39. The Balaban J connectivity index is 2.23. The van der Waals surface area contributed by atoms with E-state index in [9.17, 15) is 4.79 Å². The number of unbranched alkanes of at least 4 members (excludes halogenated alkanes) is 2. The van der Waals surface area contributed by atoms with Gasteiger partial charge in [-0.05, 0) is 40.8 Å². The van der Waals surface area contributed by atoms with E-state index in [1.54, 1.807) is 0 Å². The van der Waals surface area contributed by atoms with Crippen LogP contribution in [0.1, 0.15) is 76.2 Å². The van der Waals surface area contributed by atoms with Crippen molar-refractivity contribution < 1.29 is 9.22 Å². The molecular formula is C31H40NO2Si. The van der Waals surface area contributed by atoms with Gasteiger partial charge in [-0.1, -0.05) is 108 Å². The zero-order valence-corrected chi connectivity index (χ0v) is 23.0. The van der Waals surface area contributed by atoms with Crippen LogP contribution in [0.15, 0.2) is 72.8 Å². The molecule has 0 N–H and O–H groups in total. The average molecular weight is 487 g/mol. The lowest BCUT2D eigenvalue weighted by Gasteiger charge is -2.33. The highest BCUT2D eigenvalue weighted by atomic mass is 28.3. The molecule has 0 bridgehead atoms. The minimum absolute atomic E-state index is 0.247. The van der Waals surface area contributed by atoms with E-state index in [0.29, 0.717) is 5.56 Å². The highest BCUT2D eigenvalue weighted by molar-refractivity contribution is 6.80. The van der Waals surface area contributed by atoms with Crippen molar-refractivity contribution >= 4 is 31.4 Å². The first-order valence-electron chi connectivity index (χ1n) is 12.9. The Labute approximate surface area is 213 Å². The Morgan fingerprint density at radius 1 is 0.800 bits per heavy atom.